The zero-order valence-electron chi connectivity index (χ0n) is 14.5. The number of halogens is 1. The van der Waals surface area contributed by atoms with Crippen LogP contribution in [0, 0.1) is 5.82 Å². The summed E-state index contributed by atoms with van der Waals surface area (Å²) in [6.07, 6.45) is 3.61. The molecule has 2 heterocycles. The molecule has 0 bridgehead atoms. The Hall–Kier alpha value is -2.63. The van der Waals surface area contributed by atoms with Crippen molar-refractivity contribution in [3.63, 3.8) is 0 Å². The van der Waals surface area contributed by atoms with Gasteiger partial charge in [-0.3, -0.25) is 4.79 Å². The smallest absolute Gasteiger partial charge is 0.261 e. The summed E-state index contributed by atoms with van der Waals surface area (Å²) in [6, 6.07) is 10.1. The van der Waals surface area contributed by atoms with Crippen molar-refractivity contribution in [2.24, 2.45) is 0 Å². The first-order valence-electron chi connectivity index (χ1n) is 8.36. The van der Waals surface area contributed by atoms with E-state index >= 15 is 0 Å². The van der Waals surface area contributed by atoms with Gasteiger partial charge in [0.25, 0.3) is 5.91 Å². The number of anilines is 1. The molecule has 3 rings (SSSR count). The van der Waals surface area contributed by atoms with Crippen LogP contribution in [-0.4, -0.2) is 43.0 Å². The van der Waals surface area contributed by atoms with Crippen LogP contribution in [0.1, 0.15) is 24.4 Å². The molecule has 1 aliphatic heterocycles. The molecular weight excluding hydrogens is 321 g/mol. The molecule has 132 valence electrons. The van der Waals surface area contributed by atoms with E-state index in [1.54, 1.807) is 18.3 Å². The fourth-order valence-electron chi connectivity index (χ4n) is 3.08. The lowest BCUT2D eigenvalue weighted by Crippen LogP contribution is -2.34. The highest BCUT2D eigenvalue weighted by Crippen LogP contribution is 2.33. The monoisotopic (exact) mass is 343 g/mol. The maximum atomic E-state index is 13.6. The number of para-hydroxylation sites is 1. The van der Waals surface area contributed by atoms with Crippen LogP contribution in [0.2, 0.25) is 0 Å². The first-order chi connectivity index (χ1) is 12.1. The average molecular weight is 343 g/mol. The van der Waals surface area contributed by atoms with Crippen LogP contribution in [0.3, 0.4) is 0 Å². The molecule has 0 aliphatic carbocycles. The molecule has 1 aliphatic rings. The molecule has 6 heteroatoms. The number of benzene rings is 1. The molecule has 0 spiro atoms. The summed E-state index contributed by atoms with van der Waals surface area (Å²) >= 11 is 0. The second-order valence-electron chi connectivity index (χ2n) is 6.31. The van der Waals surface area contributed by atoms with Crippen molar-refractivity contribution in [2.45, 2.75) is 18.9 Å². The van der Waals surface area contributed by atoms with E-state index in [0.717, 1.165) is 24.2 Å². The van der Waals surface area contributed by atoms with E-state index in [1.165, 1.54) is 12.1 Å². The average Bonchev–Trinajstić information content (AvgIpc) is 3.11. The van der Waals surface area contributed by atoms with Gasteiger partial charge in [-0.25, -0.2) is 9.37 Å². The molecule has 1 atom stereocenters. The lowest BCUT2D eigenvalue weighted by atomic mass is 10.1. The van der Waals surface area contributed by atoms with Gasteiger partial charge in [-0.15, -0.1) is 0 Å². The Labute approximate surface area is 147 Å². The molecule has 1 amide bonds. The topological polar surface area (TPSA) is 45.7 Å². The number of hydrogen-bond acceptors (Lipinski definition) is 4. The number of pyridine rings is 1. The van der Waals surface area contributed by atoms with Crippen molar-refractivity contribution in [1.29, 1.82) is 0 Å². The van der Waals surface area contributed by atoms with Gasteiger partial charge in [-0.2, -0.15) is 0 Å². The van der Waals surface area contributed by atoms with E-state index in [4.69, 9.17) is 4.74 Å². The third-order valence-corrected chi connectivity index (χ3v) is 4.37. The molecule has 25 heavy (non-hydrogen) atoms. The highest BCUT2D eigenvalue weighted by Gasteiger charge is 2.30. The van der Waals surface area contributed by atoms with Crippen LogP contribution in [0.25, 0.3) is 0 Å². The van der Waals surface area contributed by atoms with Gasteiger partial charge in [-0.05, 0) is 42.7 Å². The normalized spacial score (nSPS) is 16.8. The van der Waals surface area contributed by atoms with E-state index in [-0.39, 0.29) is 24.3 Å². The molecule has 1 aromatic heterocycles. The van der Waals surface area contributed by atoms with Gasteiger partial charge in [-0.1, -0.05) is 12.1 Å². The minimum absolute atomic E-state index is 0.0124. The zero-order chi connectivity index (χ0) is 17.8. The van der Waals surface area contributed by atoms with Crippen molar-refractivity contribution in [1.82, 2.24) is 9.88 Å². The summed E-state index contributed by atoms with van der Waals surface area (Å²) in [7, 11) is 3.87. The largest absolute Gasteiger partial charge is 0.481 e. The van der Waals surface area contributed by atoms with E-state index in [1.807, 2.05) is 36.0 Å². The van der Waals surface area contributed by atoms with Crippen LogP contribution in [0.5, 0.6) is 5.75 Å². The molecule has 1 aromatic carbocycles. The molecule has 0 radical (unpaired) electrons. The summed E-state index contributed by atoms with van der Waals surface area (Å²) in [5.74, 6) is 0.372. The maximum Gasteiger partial charge on any atom is 0.261 e. The van der Waals surface area contributed by atoms with E-state index in [2.05, 4.69) is 4.98 Å². The quantitative estimate of drug-likeness (QED) is 0.837. The van der Waals surface area contributed by atoms with Crippen LogP contribution in [0.4, 0.5) is 10.2 Å². The summed E-state index contributed by atoms with van der Waals surface area (Å²) in [6.45, 7) is 0.521. The summed E-state index contributed by atoms with van der Waals surface area (Å²) in [5.41, 5.74) is 1.07. The van der Waals surface area contributed by atoms with Gasteiger partial charge >= 0.3 is 0 Å². The first-order valence-corrected chi connectivity index (χ1v) is 8.36. The van der Waals surface area contributed by atoms with Gasteiger partial charge in [0.2, 0.25) is 0 Å². The standard InChI is InChI=1S/C19H22FN3O2/c1-22(2)18-12-14(9-10-21-18)16-7-5-11-23(16)19(24)13-25-17-8-4-3-6-15(17)20/h3-4,6,8-10,12,16H,5,7,11,13H2,1-2H3/t16-/m1/s1. The predicted octanol–water partition coefficient (Wildman–Crippen LogP) is 3.03. The Bertz CT molecular complexity index is 751. The number of carbonyl (C=O) groups is 1. The number of likely N-dealkylation sites (tertiary alicyclic amines) is 1. The number of carbonyl (C=O) groups excluding carboxylic acids is 1. The predicted molar refractivity (Wildman–Crippen MR) is 94.1 cm³/mol. The number of hydrogen-bond donors (Lipinski definition) is 0. The molecule has 5 nitrogen and oxygen atoms in total. The molecule has 0 unspecified atom stereocenters. The molecule has 0 N–H and O–H groups in total. The van der Waals surface area contributed by atoms with E-state index in [0.29, 0.717) is 6.54 Å². The first kappa shape index (κ1) is 17.2. The van der Waals surface area contributed by atoms with Crippen molar-refractivity contribution >= 4 is 11.7 Å². The van der Waals surface area contributed by atoms with Crippen molar-refractivity contribution in [3.05, 3.63) is 54.0 Å². The number of aromatic nitrogens is 1. The van der Waals surface area contributed by atoms with Crippen molar-refractivity contribution in [2.75, 3.05) is 32.1 Å². The molecule has 2 aromatic rings. The van der Waals surface area contributed by atoms with Gasteiger partial charge < -0.3 is 14.5 Å². The fraction of sp³-hybridized carbons (Fsp3) is 0.368. The summed E-state index contributed by atoms with van der Waals surface area (Å²) < 4.78 is 19.0. The molecule has 1 fully saturated rings. The minimum atomic E-state index is -0.460. The van der Waals surface area contributed by atoms with E-state index in [9.17, 15) is 9.18 Å². The lowest BCUT2D eigenvalue weighted by molar-refractivity contribution is -0.134. The fourth-order valence-corrected chi connectivity index (χ4v) is 3.08. The van der Waals surface area contributed by atoms with Crippen LogP contribution in [-0.2, 0) is 4.79 Å². The van der Waals surface area contributed by atoms with Crippen LogP contribution >= 0.6 is 0 Å². The third-order valence-electron chi connectivity index (χ3n) is 4.37. The summed E-state index contributed by atoms with van der Waals surface area (Å²) in [4.78, 5) is 20.7. The lowest BCUT2D eigenvalue weighted by Gasteiger charge is -2.26. The Morgan fingerprint density at radius 2 is 2.16 bits per heavy atom. The van der Waals surface area contributed by atoms with Crippen molar-refractivity contribution < 1.29 is 13.9 Å². The second-order valence-corrected chi connectivity index (χ2v) is 6.31. The number of rotatable bonds is 5. The highest BCUT2D eigenvalue weighted by atomic mass is 19.1. The number of amides is 1. The van der Waals surface area contributed by atoms with Crippen molar-refractivity contribution in [3.8, 4) is 5.75 Å². The number of nitrogens with zero attached hydrogens (tertiary/aromatic N) is 3. The Morgan fingerprint density at radius 1 is 1.36 bits per heavy atom. The van der Waals surface area contributed by atoms with Gasteiger partial charge in [0.15, 0.2) is 18.2 Å². The second kappa shape index (κ2) is 7.51. The van der Waals surface area contributed by atoms with Gasteiger partial charge in [0.1, 0.15) is 5.82 Å². The minimum Gasteiger partial charge on any atom is -0.481 e. The maximum absolute atomic E-state index is 13.6. The number of ether oxygens (including phenoxy) is 1. The SMILES string of the molecule is CN(C)c1cc([C@H]2CCCN2C(=O)COc2ccccc2F)ccn1. The van der Waals surface area contributed by atoms with Crippen LogP contribution < -0.4 is 9.64 Å². The van der Waals surface area contributed by atoms with Gasteiger partial charge in [0.05, 0.1) is 6.04 Å². The third kappa shape index (κ3) is 3.90. The van der Waals surface area contributed by atoms with E-state index < -0.39 is 5.82 Å². The van der Waals surface area contributed by atoms with Crippen LogP contribution in [0.15, 0.2) is 42.6 Å². The molecule has 0 saturated carbocycles. The molecular formula is C19H22FN3O2. The van der Waals surface area contributed by atoms with Gasteiger partial charge in [0, 0.05) is 26.8 Å². The molecule has 1 saturated heterocycles. The summed E-state index contributed by atoms with van der Waals surface area (Å²) in [5, 5.41) is 0. The Balaban J connectivity index is 1.70. The highest BCUT2D eigenvalue weighted by molar-refractivity contribution is 5.78. The Morgan fingerprint density at radius 3 is 2.92 bits per heavy atom. The Kier molecular flexibility index (Phi) is 5.16. The zero-order valence-corrected chi connectivity index (χ0v) is 14.5.